The molecule has 32 heavy (non-hydrogen) atoms. The first-order valence-electron chi connectivity index (χ1n) is 10.1. The second-order valence-corrected chi connectivity index (χ2v) is 7.28. The molecule has 2 heterocycles. The Morgan fingerprint density at radius 1 is 1.19 bits per heavy atom. The minimum absolute atomic E-state index is 0.0340. The molecule has 1 N–H and O–H groups in total. The molecule has 0 unspecified atom stereocenters. The molecule has 0 spiro atoms. The van der Waals surface area contributed by atoms with Crippen molar-refractivity contribution in [2.24, 2.45) is 11.1 Å². The molecule has 1 amide bonds. The van der Waals surface area contributed by atoms with Crippen LogP contribution in [-0.4, -0.2) is 43.5 Å². The second-order valence-electron chi connectivity index (χ2n) is 7.28. The van der Waals surface area contributed by atoms with Gasteiger partial charge in [-0.05, 0) is 42.5 Å². The molecule has 1 aliphatic rings. The predicted molar refractivity (Wildman–Crippen MR) is 110 cm³/mol. The van der Waals surface area contributed by atoms with Crippen LogP contribution < -0.4 is 10.1 Å². The van der Waals surface area contributed by atoms with Crippen LogP contribution in [0.4, 0.5) is 13.2 Å². The number of amides is 1. The van der Waals surface area contributed by atoms with E-state index in [2.05, 4.69) is 15.5 Å². The number of pyridine rings is 1. The third kappa shape index (κ3) is 7.84. The lowest BCUT2D eigenvalue weighted by molar-refractivity contribution is -0.137. The molecule has 7 nitrogen and oxygen atoms in total. The van der Waals surface area contributed by atoms with Crippen LogP contribution in [0.25, 0.3) is 0 Å². The van der Waals surface area contributed by atoms with Gasteiger partial charge in [-0.2, -0.15) is 13.2 Å². The van der Waals surface area contributed by atoms with Gasteiger partial charge in [-0.15, -0.1) is 0 Å². The number of carbonyl (C=O) groups is 1. The first-order chi connectivity index (χ1) is 15.4. The summed E-state index contributed by atoms with van der Waals surface area (Å²) in [5.74, 6) is 0.528. The molecule has 1 aromatic heterocycles. The summed E-state index contributed by atoms with van der Waals surface area (Å²) in [5.41, 5.74) is 0.482. The predicted octanol–water partition coefficient (Wildman–Crippen LogP) is 3.57. The highest BCUT2D eigenvalue weighted by molar-refractivity contribution is 5.79. The van der Waals surface area contributed by atoms with Crippen molar-refractivity contribution < 1.29 is 32.3 Å². The van der Waals surface area contributed by atoms with Crippen molar-refractivity contribution in [3.8, 4) is 5.88 Å². The van der Waals surface area contributed by atoms with E-state index in [1.54, 1.807) is 12.1 Å². The van der Waals surface area contributed by atoms with E-state index in [1.165, 1.54) is 24.5 Å². The largest absolute Gasteiger partial charge is 0.468 e. The fourth-order valence-corrected chi connectivity index (χ4v) is 2.95. The molecule has 172 valence electrons. The summed E-state index contributed by atoms with van der Waals surface area (Å²) in [6.07, 6.45) is 0.441. The minimum atomic E-state index is -4.37. The normalized spacial score (nSPS) is 15.0. The zero-order chi connectivity index (χ0) is 22.8. The summed E-state index contributed by atoms with van der Waals surface area (Å²) in [6.45, 7) is 1.99. The smallest absolute Gasteiger partial charge is 0.416 e. The molecule has 0 atom stereocenters. The number of ether oxygens (including phenoxy) is 2. The van der Waals surface area contributed by atoms with Gasteiger partial charge in [0, 0.05) is 37.6 Å². The Kier molecular flexibility index (Phi) is 8.43. The van der Waals surface area contributed by atoms with Crippen LogP contribution in [-0.2, 0) is 27.2 Å². The quantitative estimate of drug-likeness (QED) is 0.466. The summed E-state index contributed by atoms with van der Waals surface area (Å²) < 4.78 is 48.3. The maximum absolute atomic E-state index is 12.5. The standard InChI is InChI=1S/C22H24F3N3O4/c23-22(24,25)19-4-1-17(2-5-19)14-32-28-13-18-3-6-21(27-12-18)31-15-20(29)26-11-16-7-9-30-10-8-16/h1-6,12-13,16H,7-11,14-15H2,(H,26,29). The number of alkyl halides is 3. The van der Waals surface area contributed by atoms with Crippen LogP contribution in [0.5, 0.6) is 5.88 Å². The molecule has 1 aromatic carbocycles. The zero-order valence-corrected chi connectivity index (χ0v) is 17.3. The first kappa shape index (κ1) is 23.5. The third-order valence-corrected chi connectivity index (χ3v) is 4.83. The lowest BCUT2D eigenvalue weighted by Crippen LogP contribution is -2.35. The van der Waals surface area contributed by atoms with Crippen LogP contribution in [0.1, 0.15) is 29.5 Å². The van der Waals surface area contributed by atoms with Gasteiger partial charge in [-0.1, -0.05) is 17.3 Å². The van der Waals surface area contributed by atoms with Gasteiger partial charge in [0.25, 0.3) is 5.91 Å². The highest BCUT2D eigenvalue weighted by Gasteiger charge is 2.29. The first-order valence-corrected chi connectivity index (χ1v) is 10.1. The van der Waals surface area contributed by atoms with E-state index in [4.69, 9.17) is 14.3 Å². The monoisotopic (exact) mass is 451 g/mol. The molecule has 2 aromatic rings. The van der Waals surface area contributed by atoms with Gasteiger partial charge in [0.05, 0.1) is 11.8 Å². The Labute approximate surface area is 183 Å². The summed E-state index contributed by atoms with van der Waals surface area (Å²) in [4.78, 5) is 21.1. The van der Waals surface area contributed by atoms with Crippen LogP contribution in [0, 0.1) is 5.92 Å². The fourth-order valence-electron chi connectivity index (χ4n) is 2.95. The Morgan fingerprint density at radius 3 is 2.59 bits per heavy atom. The van der Waals surface area contributed by atoms with Crippen molar-refractivity contribution in [3.63, 3.8) is 0 Å². The number of benzene rings is 1. The van der Waals surface area contributed by atoms with E-state index in [0.717, 1.165) is 38.2 Å². The van der Waals surface area contributed by atoms with Crippen LogP contribution in [0.2, 0.25) is 0 Å². The van der Waals surface area contributed by atoms with Gasteiger partial charge in [-0.25, -0.2) is 4.98 Å². The number of nitrogens with one attached hydrogen (secondary N) is 1. The Morgan fingerprint density at radius 2 is 1.94 bits per heavy atom. The molecule has 3 rings (SSSR count). The van der Waals surface area contributed by atoms with Crippen LogP contribution >= 0.6 is 0 Å². The summed E-state index contributed by atoms with van der Waals surface area (Å²) in [5, 5.41) is 6.63. The fraction of sp³-hybridized carbons (Fsp3) is 0.409. The van der Waals surface area contributed by atoms with Gasteiger partial charge in [0.2, 0.25) is 5.88 Å². The molecular formula is C22H24F3N3O4. The number of oxime groups is 1. The van der Waals surface area contributed by atoms with Crippen molar-refractivity contribution in [1.82, 2.24) is 10.3 Å². The third-order valence-electron chi connectivity index (χ3n) is 4.83. The Balaban J connectivity index is 1.35. The molecule has 0 saturated carbocycles. The van der Waals surface area contributed by atoms with Crippen LogP contribution in [0.15, 0.2) is 47.8 Å². The zero-order valence-electron chi connectivity index (χ0n) is 17.3. The molecular weight excluding hydrogens is 427 g/mol. The molecule has 1 fully saturated rings. The van der Waals surface area contributed by atoms with Crippen molar-refractivity contribution in [2.75, 3.05) is 26.4 Å². The van der Waals surface area contributed by atoms with Gasteiger partial charge in [-0.3, -0.25) is 4.79 Å². The average Bonchev–Trinajstić information content (AvgIpc) is 2.80. The van der Waals surface area contributed by atoms with Gasteiger partial charge >= 0.3 is 6.18 Å². The highest BCUT2D eigenvalue weighted by Crippen LogP contribution is 2.29. The number of nitrogens with zero attached hydrogens (tertiary/aromatic N) is 2. The van der Waals surface area contributed by atoms with E-state index in [9.17, 15) is 18.0 Å². The number of halogens is 3. The molecule has 0 bridgehead atoms. The number of hydrogen-bond donors (Lipinski definition) is 1. The number of aromatic nitrogens is 1. The molecule has 10 heteroatoms. The lowest BCUT2D eigenvalue weighted by Gasteiger charge is -2.22. The van der Waals surface area contributed by atoms with Crippen molar-refractivity contribution in [3.05, 3.63) is 59.3 Å². The number of hydrogen-bond acceptors (Lipinski definition) is 6. The van der Waals surface area contributed by atoms with Gasteiger partial charge < -0.3 is 19.6 Å². The van der Waals surface area contributed by atoms with E-state index < -0.39 is 11.7 Å². The van der Waals surface area contributed by atoms with E-state index >= 15 is 0 Å². The van der Waals surface area contributed by atoms with Crippen molar-refractivity contribution in [2.45, 2.75) is 25.6 Å². The second kappa shape index (κ2) is 11.5. The summed E-state index contributed by atoms with van der Waals surface area (Å²) >= 11 is 0. The minimum Gasteiger partial charge on any atom is -0.468 e. The SMILES string of the molecule is O=C(COc1ccc(C=NOCc2ccc(C(F)(F)F)cc2)cn1)NCC1CCOCC1. The molecule has 0 radical (unpaired) electrons. The lowest BCUT2D eigenvalue weighted by atomic mass is 10.0. The van der Waals surface area contributed by atoms with Crippen LogP contribution in [0.3, 0.4) is 0 Å². The summed E-state index contributed by atoms with van der Waals surface area (Å²) in [6, 6.07) is 7.96. The molecule has 0 aliphatic carbocycles. The van der Waals surface area contributed by atoms with E-state index in [-0.39, 0.29) is 19.1 Å². The average molecular weight is 451 g/mol. The maximum Gasteiger partial charge on any atom is 0.416 e. The highest BCUT2D eigenvalue weighted by atomic mass is 19.4. The Bertz CT molecular complexity index is 881. The Hall–Kier alpha value is -3.14. The number of rotatable bonds is 9. The van der Waals surface area contributed by atoms with E-state index in [1.807, 2.05) is 0 Å². The molecule has 1 saturated heterocycles. The topological polar surface area (TPSA) is 82.0 Å². The van der Waals surface area contributed by atoms with E-state index in [0.29, 0.717) is 29.5 Å². The van der Waals surface area contributed by atoms with Gasteiger partial charge in [0.15, 0.2) is 6.61 Å². The number of carbonyl (C=O) groups excluding carboxylic acids is 1. The summed E-state index contributed by atoms with van der Waals surface area (Å²) in [7, 11) is 0. The van der Waals surface area contributed by atoms with Crippen molar-refractivity contribution in [1.29, 1.82) is 0 Å². The maximum atomic E-state index is 12.5. The molecule has 1 aliphatic heterocycles. The van der Waals surface area contributed by atoms with Crippen molar-refractivity contribution >= 4 is 12.1 Å². The van der Waals surface area contributed by atoms with Gasteiger partial charge in [0.1, 0.15) is 6.61 Å².